The molecule has 1 aromatic heterocycles. The monoisotopic (exact) mass is 328 g/mol. The molecule has 5 heteroatoms. The second-order valence-electron chi connectivity index (χ2n) is 5.22. The normalized spacial score (nSPS) is 20.3. The molecule has 0 spiro atoms. The van der Waals surface area contributed by atoms with Gasteiger partial charge in [0.05, 0.1) is 15.9 Å². The van der Waals surface area contributed by atoms with E-state index >= 15 is 0 Å². The Hall–Kier alpha value is -0.390. The summed E-state index contributed by atoms with van der Waals surface area (Å²) in [4.78, 5) is 2.57. The minimum atomic E-state index is 0.711. The molecule has 1 aromatic rings. The van der Waals surface area contributed by atoms with Crippen molar-refractivity contribution in [3.63, 3.8) is 0 Å². The molecule has 0 amide bonds. The van der Waals surface area contributed by atoms with E-state index in [2.05, 4.69) is 56.7 Å². The molecule has 1 fully saturated rings. The van der Waals surface area contributed by atoms with Crippen LogP contribution in [0.3, 0.4) is 0 Å². The number of aromatic nitrogens is 2. The first-order valence-electron chi connectivity index (χ1n) is 7.33. The third-order valence-electron chi connectivity index (χ3n) is 4.03. The zero-order valence-electron chi connectivity index (χ0n) is 12.2. The summed E-state index contributed by atoms with van der Waals surface area (Å²) in [5, 5.41) is 8.13. The Bertz CT molecular complexity index is 416. The molecule has 19 heavy (non-hydrogen) atoms. The van der Waals surface area contributed by atoms with E-state index in [4.69, 9.17) is 0 Å². The van der Waals surface area contributed by atoms with Crippen molar-refractivity contribution in [3.8, 4) is 0 Å². The van der Waals surface area contributed by atoms with Gasteiger partial charge in [-0.15, -0.1) is 0 Å². The van der Waals surface area contributed by atoms with E-state index in [-0.39, 0.29) is 0 Å². The van der Waals surface area contributed by atoms with Crippen LogP contribution in [0.1, 0.15) is 38.1 Å². The zero-order valence-corrected chi connectivity index (χ0v) is 13.8. The van der Waals surface area contributed by atoms with Gasteiger partial charge in [-0.05, 0) is 55.7 Å². The predicted molar refractivity (Wildman–Crippen MR) is 82.3 cm³/mol. The number of hydrogen-bond donors (Lipinski definition) is 1. The molecule has 0 bridgehead atoms. The minimum Gasteiger partial charge on any atom is -0.310 e. The molecule has 1 unspecified atom stereocenters. The molecule has 1 aliphatic heterocycles. The quantitative estimate of drug-likeness (QED) is 0.871. The maximum Gasteiger partial charge on any atom is 0.0739 e. The van der Waals surface area contributed by atoms with Gasteiger partial charge in [-0.25, -0.2) is 0 Å². The Kier molecular flexibility index (Phi) is 5.42. The van der Waals surface area contributed by atoms with Crippen LogP contribution in [0.15, 0.2) is 4.47 Å². The van der Waals surface area contributed by atoms with Gasteiger partial charge in [0, 0.05) is 25.7 Å². The first kappa shape index (κ1) is 15.0. The lowest BCUT2D eigenvalue weighted by atomic mass is 10.2. The lowest BCUT2D eigenvalue weighted by Crippen LogP contribution is -2.37. The van der Waals surface area contributed by atoms with Gasteiger partial charge in [0.2, 0.25) is 0 Å². The molecule has 2 heterocycles. The fraction of sp³-hybridized carbons (Fsp3) is 0.786. The van der Waals surface area contributed by atoms with Crippen molar-refractivity contribution in [3.05, 3.63) is 15.9 Å². The lowest BCUT2D eigenvalue weighted by molar-refractivity contribution is 0.259. The summed E-state index contributed by atoms with van der Waals surface area (Å²) >= 11 is 3.65. The van der Waals surface area contributed by atoms with Crippen LogP contribution in [0.25, 0.3) is 0 Å². The Morgan fingerprint density at radius 3 is 2.84 bits per heavy atom. The highest BCUT2D eigenvalue weighted by Crippen LogP contribution is 2.21. The molecule has 0 aliphatic carbocycles. The molecule has 1 N–H and O–H groups in total. The van der Waals surface area contributed by atoms with Crippen LogP contribution in [-0.2, 0) is 13.1 Å². The van der Waals surface area contributed by atoms with Gasteiger partial charge in [0.1, 0.15) is 0 Å². The van der Waals surface area contributed by atoms with Gasteiger partial charge in [0.15, 0.2) is 0 Å². The average Bonchev–Trinajstić information content (AvgIpc) is 2.97. The van der Waals surface area contributed by atoms with Crippen LogP contribution in [-0.4, -0.2) is 40.4 Å². The van der Waals surface area contributed by atoms with E-state index in [0.29, 0.717) is 6.04 Å². The van der Waals surface area contributed by atoms with E-state index in [1.807, 2.05) is 0 Å². The van der Waals surface area contributed by atoms with E-state index < -0.39 is 0 Å². The number of rotatable bonds is 6. The number of halogens is 1. The summed E-state index contributed by atoms with van der Waals surface area (Å²) in [6, 6.07) is 0.711. The molecule has 1 aliphatic rings. The van der Waals surface area contributed by atoms with Crippen LogP contribution < -0.4 is 5.32 Å². The summed E-state index contributed by atoms with van der Waals surface area (Å²) in [6.07, 6.45) is 2.67. The maximum absolute atomic E-state index is 4.53. The van der Waals surface area contributed by atoms with Gasteiger partial charge >= 0.3 is 0 Å². The zero-order chi connectivity index (χ0) is 13.8. The lowest BCUT2D eigenvalue weighted by Gasteiger charge is -2.23. The highest BCUT2D eigenvalue weighted by Gasteiger charge is 2.22. The molecule has 0 aromatic carbocycles. The average molecular weight is 329 g/mol. The molecule has 4 nitrogen and oxygen atoms in total. The molecule has 108 valence electrons. The van der Waals surface area contributed by atoms with E-state index in [1.165, 1.54) is 31.6 Å². The first-order valence-corrected chi connectivity index (χ1v) is 8.13. The van der Waals surface area contributed by atoms with E-state index in [1.54, 1.807) is 0 Å². The minimum absolute atomic E-state index is 0.711. The highest BCUT2D eigenvalue weighted by atomic mass is 79.9. The van der Waals surface area contributed by atoms with Crippen LogP contribution >= 0.6 is 15.9 Å². The summed E-state index contributed by atoms with van der Waals surface area (Å²) < 4.78 is 3.24. The fourth-order valence-electron chi connectivity index (χ4n) is 2.94. The largest absolute Gasteiger partial charge is 0.310 e. The van der Waals surface area contributed by atoms with Gasteiger partial charge in [0.25, 0.3) is 0 Å². The third-order valence-corrected chi connectivity index (χ3v) is 5.06. The number of likely N-dealkylation sites (N-methyl/N-ethyl adjacent to an activating group) is 1. The molecule has 2 rings (SSSR count). The van der Waals surface area contributed by atoms with Crippen molar-refractivity contribution >= 4 is 15.9 Å². The Morgan fingerprint density at radius 2 is 2.16 bits per heavy atom. The molecule has 0 radical (unpaired) electrons. The summed E-state index contributed by atoms with van der Waals surface area (Å²) in [5.74, 6) is 0. The number of nitrogens with one attached hydrogen (secondary N) is 1. The topological polar surface area (TPSA) is 33.1 Å². The van der Waals surface area contributed by atoms with Crippen molar-refractivity contribution < 1.29 is 0 Å². The number of aryl methyl sites for hydroxylation is 2. The highest BCUT2D eigenvalue weighted by molar-refractivity contribution is 9.10. The van der Waals surface area contributed by atoms with Gasteiger partial charge < -0.3 is 5.32 Å². The number of likely N-dealkylation sites (tertiary alicyclic amines) is 1. The van der Waals surface area contributed by atoms with Gasteiger partial charge in [-0.3, -0.25) is 9.58 Å². The van der Waals surface area contributed by atoms with Crippen molar-refractivity contribution in [2.24, 2.45) is 0 Å². The molecular weight excluding hydrogens is 304 g/mol. The SMILES string of the molecule is CCN1CCCC1CNCc1c(Br)c(C)nn1CC. The van der Waals surface area contributed by atoms with Crippen LogP contribution in [0, 0.1) is 6.92 Å². The molecule has 1 saturated heterocycles. The summed E-state index contributed by atoms with van der Waals surface area (Å²) in [7, 11) is 0. The van der Waals surface area contributed by atoms with Crippen LogP contribution in [0.4, 0.5) is 0 Å². The Balaban J connectivity index is 1.89. The van der Waals surface area contributed by atoms with Gasteiger partial charge in [-0.1, -0.05) is 6.92 Å². The van der Waals surface area contributed by atoms with Crippen molar-refractivity contribution in [2.45, 2.75) is 52.7 Å². The van der Waals surface area contributed by atoms with Gasteiger partial charge in [-0.2, -0.15) is 5.10 Å². The second-order valence-corrected chi connectivity index (χ2v) is 6.01. The van der Waals surface area contributed by atoms with E-state index in [9.17, 15) is 0 Å². The second kappa shape index (κ2) is 6.86. The molecular formula is C14H25BrN4. The fourth-order valence-corrected chi connectivity index (χ4v) is 3.36. The number of hydrogen-bond acceptors (Lipinski definition) is 3. The maximum atomic E-state index is 4.53. The first-order chi connectivity index (χ1) is 9.17. The van der Waals surface area contributed by atoms with Crippen LogP contribution in [0.2, 0.25) is 0 Å². The van der Waals surface area contributed by atoms with Crippen molar-refractivity contribution in [1.82, 2.24) is 20.0 Å². The third kappa shape index (κ3) is 3.38. The van der Waals surface area contributed by atoms with E-state index in [0.717, 1.165) is 29.8 Å². The van der Waals surface area contributed by atoms with Crippen LogP contribution in [0.5, 0.6) is 0 Å². The smallest absolute Gasteiger partial charge is 0.0739 e. The van der Waals surface area contributed by atoms with Crippen molar-refractivity contribution in [1.29, 1.82) is 0 Å². The summed E-state index contributed by atoms with van der Waals surface area (Å²) in [6.45, 7) is 11.8. The number of nitrogens with zero attached hydrogens (tertiary/aromatic N) is 3. The predicted octanol–water partition coefficient (Wildman–Crippen LogP) is 2.55. The van der Waals surface area contributed by atoms with Crippen molar-refractivity contribution in [2.75, 3.05) is 19.6 Å². The summed E-state index contributed by atoms with van der Waals surface area (Å²) in [5.41, 5.74) is 2.34. The molecule has 1 atom stereocenters. The Labute approximate surface area is 124 Å². The molecule has 0 saturated carbocycles. The standard InChI is InChI=1S/C14H25BrN4/c1-4-18-8-6-7-12(18)9-16-10-13-14(15)11(3)17-19(13)5-2/h12,16H,4-10H2,1-3H3. The Morgan fingerprint density at radius 1 is 1.37 bits per heavy atom.